The molecule has 20 heavy (non-hydrogen) atoms. The van der Waals surface area contributed by atoms with Crippen molar-refractivity contribution >= 4 is 17.0 Å². The third-order valence-corrected chi connectivity index (χ3v) is 4.02. The number of nitrogens with zero attached hydrogens (tertiary/aromatic N) is 3. The molecule has 0 bridgehead atoms. The predicted octanol–water partition coefficient (Wildman–Crippen LogP) is 2.40. The zero-order valence-corrected chi connectivity index (χ0v) is 12.3. The number of pyridine rings is 1. The fourth-order valence-electron chi connectivity index (χ4n) is 2.62. The van der Waals surface area contributed by atoms with Gasteiger partial charge in [0, 0.05) is 12.7 Å². The second-order valence-electron chi connectivity index (χ2n) is 5.79. The molecule has 5 nitrogen and oxygen atoms in total. The van der Waals surface area contributed by atoms with Crippen LogP contribution in [0.3, 0.4) is 0 Å². The number of esters is 1. The molecule has 0 radical (unpaired) electrons. The number of carbonyl (C=O) groups is 1. The van der Waals surface area contributed by atoms with Crippen molar-refractivity contribution in [1.29, 1.82) is 0 Å². The van der Waals surface area contributed by atoms with Crippen LogP contribution < -0.4 is 0 Å². The molecule has 0 aromatic carbocycles. The lowest BCUT2D eigenvalue weighted by molar-refractivity contribution is 0.0483. The first-order chi connectivity index (χ1) is 9.47. The van der Waals surface area contributed by atoms with Crippen molar-refractivity contribution in [3.05, 3.63) is 23.0 Å². The number of hydrogen-bond acceptors (Lipinski definition) is 4. The van der Waals surface area contributed by atoms with Crippen molar-refractivity contribution in [2.24, 2.45) is 18.9 Å². The molecule has 1 fully saturated rings. The van der Waals surface area contributed by atoms with Gasteiger partial charge in [-0.25, -0.2) is 9.78 Å². The van der Waals surface area contributed by atoms with Gasteiger partial charge in [-0.3, -0.25) is 4.68 Å². The van der Waals surface area contributed by atoms with Gasteiger partial charge in [0.15, 0.2) is 5.65 Å². The Kier molecular flexibility index (Phi) is 3.00. The van der Waals surface area contributed by atoms with Gasteiger partial charge in [-0.15, -0.1) is 0 Å². The fraction of sp³-hybridized carbons (Fsp3) is 0.533. The van der Waals surface area contributed by atoms with E-state index in [1.165, 1.54) is 0 Å². The molecule has 1 aliphatic rings. The van der Waals surface area contributed by atoms with Crippen molar-refractivity contribution in [1.82, 2.24) is 14.8 Å². The van der Waals surface area contributed by atoms with Crippen molar-refractivity contribution in [3.63, 3.8) is 0 Å². The van der Waals surface area contributed by atoms with Crippen LogP contribution in [0.2, 0.25) is 0 Å². The predicted molar refractivity (Wildman–Crippen MR) is 75.5 cm³/mol. The van der Waals surface area contributed by atoms with Gasteiger partial charge in [0.25, 0.3) is 0 Å². The van der Waals surface area contributed by atoms with Crippen LogP contribution in [0.5, 0.6) is 0 Å². The third kappa shape index (κ3) is 2.17. The highest BCUT2D eigenvalue weighted by Gasteiger charge is 2.34. The molecule has 3 rings (SSSR count). The third-order valence-electron chi connectivity index (χ3n) is 4.02. The summed E-state index contributed by atoms with van der Waals surface area (Å²) in [6.45, 7) is 6.46. The maximum atomic E-state index is 12.3. The van der Waals surface area contributed by atoms with Crippen LogP contribution in [0.1, 0.15) is 35.1 Å². The number of aromatic nitrogens is 3. The summed E-state index contributed by atoms with van der Waals surface area (Å²) in [4.78, 5) is 16.8. The Morgan fingerprint density at radius 3 is 2.85 bits per heavy atom. The van der Waals surface area contributed by atoms with E-state index < -0.39 is 0 Å². The molecule has 2 aromatic heterocycles. The molecule has 2 heterocycles. The average molecular weight is 273 g/mol. The van der Waals surface area contributed by atoms with E-state index in [1.54, 1.807) is 10.7 Å². The molecule has 0 aliphatic heterocycles. The van der Waals surface area contributed by atoms with E-state index >= 15 is 0 Å². The molecule has 2 unspecified atom stereocenters. The first-order valence-electron chi connectivity index (χ1n) is 6.95. The summed E-state index contributed by atoms with van der Waals surface area (Å²) in [7, 11) is 1.84. The number of carbonyl (C=O) groups excluding carboxylic acids is 1. The maximum Gasteiger partial charge on any atom is 0.339 e. The summed E-state index contributed by atoms with van der Waals surface area (Å²) in [6.07, 6.45) is 1.16. The van der Waals surface area contributed by atoms with Crippen LogP contribution in [0.4, 0.5) is 0 Å². The Morgan fingerprint density at radius 2 is 2.20 bits per heavy atom. The molecule has 1 saturated carbocycles. The Labute approximate surface area is 117 Å². The molecule has 0 saturated heterocycles. The normalized spacial score (nSPS) is 21.2. The largest absolute Gasteiger partial charge is 0.462 e. The van der Waals surface area contributed by atoms with Crippen LogP contribution in [0.25, 0.3) is 11.0 Å². The average Bonchev–Trinajstić information content (AvgIpc) is 3.02. The van der Waals surface area contributed by atoms with Crippen molar-refractivity contribution in [2.45, 2.75) is 27.2 Å². The Morgan fingerprint density at radius 1 is 1.50 bits per heavy atom. The van der Waals surface area contributed by atoms with Gasteiger partial charge in [-0.2, -0.15) is 5.10 Å². The first kappa shape index (κ1) is 13.1. The van der Waals surface area contributed by atoms with Crippen LogP contribution >= 0.6 is 0 Å². The minimum absolute atomic E-state index is 0.268. The van der Waals surface area contributed by atoms with Gasteiger partial charge in [0.1, 0.15) is 0 Å². The SMILES string of the molecule is Cc1cc(C(=O)OCC2CC2C)c2c(C)nn(C)c2n1. The number of aryl methyl sites for hydroxylation is 3. The Bertz CT molecular complexity index is 690. The fourth-order valence-corrected chi connectivity index (χ4v) is 2.62. The molecule has 5 heteroatoms. The van der Waals surface area contributed by atoms with E-state index in [2.05, 4.69) is 17.0 Å². The lowest BCUT2D eigenvalue weighted by atomic mass is 10.1. The van der Waals surface area contributed by atoms with Crippen molar-refractivity contribution in [3.8, 4) is 0 Å². The molecule has 106 valence electrons. The minimum Gasteiger partial charge on any atom is -0.462 e. The molecule has 0 N–H and O–H groups in total. The number of hydrogen-bond donors (Lipinski definition) is 0. The zero-order valence-electron chi connectivity index (χ0n) is 12.3. The summed E-state index contributed by atoms with van der Waals surface area (Å²) in [6, 6.07) is 1.79. The summed E-state index contributed by atoms with van der Waals surface area (Å²) in [5.74, 6) is 0.949. The van der Waals surface area contributed by atoms with Crippen LogP contribution in [-0.2, 0) is 11.8 Å². The van der Waals surface area contributed by atoms with Gasteiger partial charge in [0.05, 0.1) is 23.3 Å². The summed E-state index contributed by atoms with van der Waals surface area (Å²) in [5.41, 5.74) is 2.91. The molecule has 1 aliphatic carbocycles. The van der Waals surface area contributed by atoms with Crippen LogP contribution in [0, 0.1) is 25.7 Å². The van der Waals surface area contributed by atoms with Crippen molar-refractivity contribution < 1.29 is 9.53 Å². The van der Waals surface area contributed by atoms with Crippen molar-refractivity contribution in [2.75, 3.05) is 6.61 Å². The molecule has 0 spiro atoms. The van der Waals surface area contributed by atoms with E-state index in [1.807, 2.05) is 20.9 Å². The molecular weight excluding hydrogens is 254 g/mol. The summed E-state index contributed by atoms with van der Waals surface area (Å²) < 4.78 is 7.15. The smallest absolute Gasteiger partial charge is 0.339 e. The van der Waals surface area contributed by atoms with E-state index in [0.29, 0.717) is 24.0 Å². The van der Waals surface area contributed by atoms with Gasteiger partial charge in [0.2, 0.25) is 0 Å². The molecule has 0 amide bonds. The highest BCUT2D eigenvalue weighted by atomic mass is 16.5. The van der Waals surface area contributed by atoms with Gasteiger partial charge < -0.3 is 4.74 Å². The van der Waals surface area contributed by atoms with Gasteiger partial charge >= 0.3 is 5.97 Å². The maximum absolute atomic E-state index is 12.3. The zero-order chi connectivity index (χ0) is 14.4. The summed E-state index contributed by atoms with van der Waals surface area (Å²) in [5, 5.41) is 5.14. The monoisotopic (exact) mass is 273 g/mol. The number of ether oxygens (including phenoxy) is 1. The van der Waals surface area contributed by atoms with Crippen LogP contribution in [0.15, 0.2) is 6.07 Å². The quantitative estimate of drug-likeness (QED) is 0.806. The molecule has 2 aromatic rings. The Balaban J connectivity index is 1.95. The minimum atomic E-state index is -0.268. The van der Waals surface area contributed by atoms with Gasteiger partial charge in [-0.05, 0) is 38.2 Å². The summed E-state index contributed by atoms with van der Waals surface area (Å²) >= 11 is 0. The Hall–Kier alpha value is -1.91. The molecule has 2 atom stereocenters. The van der Waals surface area contributed by atoms with Crippen LogP contribution in [-0.4, -0.2) is 27.3 Å². The second-order valence-corrected chi connectivity index (χ2v) is 5.79. The van der Waals surface area contributed by atoms with E-state index in [9.17, 15) is 4.79 Å². The van der Waals surface area contributed by atoms with E-state index in [-0.39, 0.29) is 5.97 Å². The lowest BCUT2D eigenvalue weighted by Crippen LogP contribution is -2.10. The number of rotatable bonds is 3. The highest BCUT2D eigenvalue weighted by Crippen LogP contribution is 2.37. The second kappa shape index (κ2) is 4.58. The first-order valence-corrected chi connectivity index (χ1v) is 6.95. The topological polar surface area (TPSA) is 57.0 Å². The lowest BCUT2D eigenvalue weighted by Gasteiger charge is -2.07. The van der Waals surface area contributed by atoms with E-state index in [0.717, 1.165) is 28.8 Å². The number of fused-ring (bicyclic) bond motifs is 1. The standard InChI is InChI=1S/C15H19N3O2/c1-8-5-11(8)7-20-15(19)12-6-9(2)16-14-13(12)10(3)17-18(14)4/h6,8,11H,5,7H2,1-4H3. The van der Waals surface area contributed by atoms with E-state index in [4.69, 9.17) is 4.74 Å². The highest BCUT2D eigenvalue weighted by molar-refractivity contribution is 6.03. The molecular formula is C15H19N3O2. The van der Waals surface area contributed by atoms with Gasteiger partial charge in [-0.1, -0.05) is 6.92 Å².